The van der Waals surface area contributed by atoms with Crippen LogP contribution in [0, 0.1) is 5.82 Å². The van der Waals surface area contributed by atoms with Crippen molar-refractivity contribution in [3.63, 3.8) is 0 Å². The number of benzene rings is 2. The fraction of sp³-hybridized carbons (Fsp3) is 0. The average molecular weight is 264 g/mol. The zero-order valence-electron chi connectivity index (χ0n) is 10.4. The number of hydrogen-bond donors (Lipinski definition) is 0. The summed E-state index contributed by atoms with van der Waals surface area (Å²) in [4.78, 5) is 8.76. The highest BCUT2D eigenvalue weighted by atomic mass is 19.1. The van der Waals surface area contributed by atoms with Crippen molar-refractivity contribution in [1.29, 1.82) is 0 Å². The number of para-hydroxylation sites is 1. The number of aromatic nitrogens is 2. The van der Waals surface area contributed by atoms with Gasteiger partial charge in [-0.2, -0.15) is 0 Å². The van der Waals surface area contributed by atoms with Crippen molar-refractivity contribution in [3.05, 3.63) is 60.5 Å². The molecule has 20 heavy (non-hydrogen) atoms. The molecule has 0 radical (unpaired) electrons. The second kappa shape index (κ2) is 4.13. The normalized spacial score (nSPS) is 11.2. The molecule has 0 aliphatic heterocycles. The molecule has 0 spiro atoms. The Morgan fingerprint density at radius 1 is 0.900 bits per heavy atom. The van der Waals surface area contributed by atoms with Crippen LogP contribution in [0.1, 0.15) is 0 Å². The van der Waals surface area contributed by atoms with E-state index < -0.39 is 0 Å². The van der Waals surface area contributed by atoms with Crippen LogP contribution in [0.25, 0.3) is 33.5 Å². The molecule has 2 heterocycles. The van der Waals surface area contributed by atoms with Crippen molar-refractivity contribution < 1.29 is 8.81 Å². The van der Waals surface area contributed by atoms with Gasteiger partial charge in [0.2, 0.25) is 5.89 Å². The average Bonchev–Trinajstić information content (AvgIpc) is 2.92. The van der Waals surface area contributed by atoms with Crippen LogP contribution < -0.4 is 0 Å². The van der Waals surface area contributed by atoms with Crippen molar-refractivity contribution in [2.45, 2.75) is 0 Å². The van der Waals surface area contributed by atoms with E-state index in [-0.39, 0.29) is 5.82 Å². The lowest BCUT2D eigenvalue weighted by atomic mass is 10.2. The molecule has 96 valence electrons. The van der Waals surface area contributed by atoms with Gasteiger partial charge in [-0.05, 0) is 36.4 Å². The Bertz CT molecular complexity index is 913. The Kier molecular flexibility index (Phi) is 2.29. The van der Waals surface area contributed by atoms with Crippen molar-refractivity contribution in [2.75, 3.05) is 0 Å². The van der Waals surface area contributed by atoms with E-state index in [1.165, 1.54) is 12.1 Å². The van der Waals surface area contributed by atoms with E-state index in [2.05, 4.69) is 9.97 Å². The molecule has 2 aromatic heterocycles. The number of nitrogens with zero attached hydrogens (tertiary/aromatic N) is 2. The first-order chi connectivity index (χ1) is 9.81. The van der Waals surface area contributed by atoms with Gasteiger partial charge in [0.05, 0.1) is 11.7 Å². The van der Waals surface area contributed by atoms with Gasteiger partial charge in [-0.15, -0.1) is 0 Å². The lowest BCUT2D eigenvalue weighted by Gasteiger charge is -1.95. The monoisotopic (exact) mass is 264 g/mol. The van der Waals surface area contributed by atoms with Crippen LogP contribution in [0.3, 0.4) is 0 Å². The predicted molar refractivity (Wildman–Crippen MR) is 74.7 cm³/mol. The van der Waals surface area contributed by atoms with Gasteiger partial charge >= 0.3 is 0 Å². The quantitative estimate of drug-likeness (QED) is 0.517. The highest BCUT2D eigenvalue weighted by molar-refractivity contribution is 6.00. The molecular weight excluding hydrogens is 255 g/mol. The summed E-state index contributed by atoms with van der Waals surface area (Å²) >= 11 is 0. The lowest BCUT2D eigenvalue weighted by molar-refractivity contribution is 0.618. The third-order valence-corrected chi connectivity index (χ3v) is 3.22. The maximum absolute atomic E-state index is 13.0. The van der Waals surface area contributed by atoms with Gasteiger partial charge in [0, 0.05) is 10.9 Å². The summed E-state index contributed by atoms with van der Waals surface area (Å²) in [6, 6.07) is 13.8. The first-order valence-corrected chi connectivity index (χ1v) is 6.21. The minimum atomic E-state index is -0.281. The number of rotatable bonds is 1. The summed E-state index contributed by atoms with van der Waals surface area (Å²) < 4.78 is 18.8. The molecule has 0 atom stereocenters. The molecule has 0 amide bonds. The standard InChI is InChI=1S/C16H9FN2O/c17-11-7-5-10(6-8-11)16-19-14-9-18-13-4-2-1-3-12(13)15(14)20-16/h1-9H. The molecule has 4 aromatic rings. The molecule has 0 N–H and O–H groups in total. The first kappa shape index (κ1) is 11.1. The van der Waals surface area contributed by atoms with Gasteiger partial charge in [0.15, 0.2) is 5.58 Å². The smallest absolute Gasteiger partial charge is 0.227 e. The summed E-state index contributed by atoms with van der Waals surface area (Å²) in [5, 5.41) is 0.922. The number of halogens is 1. The van der Waals surface area contributed by atoms with E-state index in [0.717, 1.165) is 16.5 Å². The van der Waals surface area contributed by atoms with Crippen LogP contribution in [-0.2, 0) is 0 Å². The summed E-state index contributed by atoms with van der Waals surface area (Å²) in [7, 11) is 0. The fourth-order valence-corrected chi connectivity index (χ4v) is 2.24. The predicted octanol–water partition coefficient (Wildman–Crippen LogP) is 4.18. The van der Waals surface area contributed by atoms with Crippen molar-refractivity contribution in [2.24, 2.45) is 0 Å². The highest BCUT2D eigenvalue weighted by Crippen LogP contribution is 2.28. The topological polar surface area (TPSA) is 38.9 Å². The molecule has 0 aliphatic carbocycles. The molecule has 0 aliphatic rings. The highest BCUT2D eigenvalue weighted by Gasteiger charge is 2.11. The molecule has 0 saturated heterocycles. The van der Waals surface area contributed by atoms with Gasteiger partial charge in [-0.3, -0.25) is 4.98 Å². The molecule has 4 heteroatoms. The van der Waals surface area contributed by atoms with E-state index >= 15 is 0 Å². The number of hydrogen-bond acceptors (Lipinski definition) is 3. The summed E-state index contributed by atoms with van der Waals surface area (Å²) in [6.07, 6.45) is 1.69. The van der Waals surface area contributed by atoms with Crippen LogP contribution >= 0.6 is 0 Å². The number of pyridine rings is 1. The Labute approximate surface area is 113 Å². The largest absolute Gasteiger partial charge is 0.435 e. The van der Waals surface area contributed by atoms with Crippen LogP contribution in [0.15, 0.2) is 59.1 Å². The molecule has 0 unspecified atom stereocenters. The number of fused-ring (bicyclic) bond motifs is 3. The third kappa shape index (κ3) is 1.66. The first-order valence-electron chi connectivity index (χ1n) is 6.21. The van der Waals surface area contributed by atoms with Crippen LogP contribution in [-0.4, -0.2) is 9.97 Å². The number of oxazole rings is 1. The molecular formula is C16H9FN2O. The molecule has 0 bridgehead atoms. The van der Waals surface area contributed by atoms with Crippen LogP contribution in [0.2, 0.25) is 0 Å². The van der Waals surface area contributed by atoms with Gasteiger partial charge in [0.1, 0.15) is 11.3 Å². The summed E-state index contributed by atoms with van der Waals surface area (Å²) in [5.41, 5.74) is 3.01. The van der Waals surface area contributed by atoms with Crippen LogP contribution in [0.4, 0.5) is 4.39 Å². The van der Waals surface area contributed by atoms with Gasteiger partial charge in [-0.1, -0.05) is 12.1 Å². The Morgan fingerprint density at radius 2 is 1.70 bits per heavy atom. The summed E-state index contributed by atoms with van der Waals surface area (Å²) in [5.74, 6) is 0.190. The second-order valence-corrected chi connectivity index (χ2v) is 4.52. The zero-order valence-corrected chi connectivity index (χ0v) is 10.4. The molecule has 2 aromatic carbocycles. The van der Waals surface area contributed by atoms with Gasteiger partial charge in [-0.25, -0.2) is 9.37 Å². The molecule has 0 saturated carbocycles. The Morgan fingerprint density at radius 3 is 2.55 bits per heavy atom. The van der Waals surface area contributed by atoms with E-state index in [9.17, 15) is 4.39 Å². The maximum Gasteiger partial charge on any atom is 0.227 e. The van der Waals surface area contributed by atoms with Crippen molar-refractivity contribution in [1.82, 2.24) is 9.97 Å². The van der Waals surface area contributed by atoms with E-state index in [1.54, 1.807) is 18.3 Å². The Balaban J connectivity index is 1.98. The fourth-order valence-electron chi connectivity index (χ4n) is 2.24. The van der Waals surface area contributed by atoms with E-state index in [1.807, 2.05) is 24.3 Å². The van der Waals surface area contributed by atoms with Crippen molar-refractivity contribution in [3.8, 4) is 11.5 Å². The minimum Gasteiger partial charge on any atom is -0.435 e. The van der Waals surface area contributed by atoms with Gasteiger partial charge in [0.25, 0.3) is 0 Å². The zero-order chi connectivity index (χ0) is 13.5. The second-order valence-electron chi connectivity index (χ2n) is 4.52. The SMILES string of the molecule is Fc1ccc(-c2nc3cnc4ccccc4c3o2)cc1. The van der Waals surface area contributed by atoms with E-state index in [0.29, 0.717) is 17.0 Å². The van der Waals surface area contributed by atoms with Gasteiger partial charge < -0.3 is 4.42 Å². The minimum absolute atomic E-state index is 0.281. The lowest BCUT2D eigenvalue weighted by Crippen LogP contribution is -1.79. The molecule has 3 nitrogen and oxygen atoms in total. The van der Waals surface area contributed by atoms with Crippen LogP contribution in [0.5, 0.6) is 0 Å². The maximum atomic E-state index is 13.0. The Hall–Kier alpha value is -2.75. The van der Waals surface area contributed by atoms with E-state index in [4.69, 9.17) is 4.42 Å². The summed E-state index contributed by atoms with van der Waals surface area (Å²) in [6.45, 7) is 0. The third-order valence-electron chi connectivity index (χ3n) is 3.22. The molecule has 0 fully saturated rings. The van der Waals surface area contributed by atoms with Crippen molar-refractivity contribution >= 4 is 22.0 Å². The molecule has 4 rings (SSSR count).